The van der Waals surface area contributed by atoms with Crippen molar-refractivity contribution in [3.8, 4) is 23.2 Å². The van der Waals surface area contributed by atoms with Gasteiger partial charge in [-0.2, -0.15) is 0 Å². The van der Waals surface area contributed by atoms with Crippen LogP contribution in [-0.4, -0.2) is 25.0 Å². The van der Waals surface area contributed by atoms with Crippen LogP contribution in [0, 0.1) is 11.8 Å². The molecule has 1 aliphatic heterocycles. The van der Waals surface area contributed by atoms with Gasteiger partial charge in [-0.05, 0) is 37.6 Å². The lowest BCUT2D eigenvalue weighted by Crippen LogP contribution is -2.46. The van der Waals surface area contributed by atoms with Gasteiger partial charge in [0.15, 0.2) is 12.1 Å². The molecule has 0 unspecified atom stereocenters. The lowest BCUT2D eigenvalue weighted by molar-refractivity contribution is -0.190. The molecule has 4 aromatic rings. The van der Waals surface area contributed by atoms with Gasteiger partial charge in [-0.1, -0.05) is 54.3 Å². The van der Waals surface area contributed by atoms with Crippen LogP contribution in [0.4, 0.5) is 0 Å². The molecule has 2 aromatic heterocycles. The van der Waals surface area contributed by atoms with Gasteiger partial charge in [-0.3, -0.25) is 0 Å². The second-order valence-electron chi connectivity index (χ2n) is 8.20. The molecule has 2 aromatic carbocycles. The van der Waals surface area contributed by atoms with Crippen molar-refractivity contribution >= 4 is 11.0 Å². The van der Waals surface area contributed by atoms with Gasteiger partial charge >= 0.3 is 0 Å². The first-order valence-corrected chi connectivity index (χ1v) is 11.4. The molecule has 1 fully saturated rings. The number of furan rings is 2. The van der Waals surface area contributed by atoms with Crippen LogP contribution in [0.25, 0.3) is 22.3 Å². The zero-order valence-electron chi connectivity index (χ0n) is 18.6. The highest BCUT2D eigenvalue weighted by Gasteiger charge is 2.28. The molecule has 0 aliphatic carbocycles. The molecule has 3 atom stereocenters. The van der Waals surface area contributed by atoms with Crippen molar-refractivity contribution in [2.75, 3.05) is 6.61 Å². The molecule has 1 saturated heterocycles. The zero-order chi connectivity index (χ0) is 22.5. The van der Waals surface area contributed by atoms with E-state index < -0.39 is 0 Å². The first-order valence-electron chi connectivity index (χ1n) is 11.4. The molecule has 0 bridgehead atoms. The predicted molar refractivity (Wildman–Crippen MR) is 127 cm³/mol. The standard InChI is InChI=1S/C28H27NO4/c1-20-25(29-19-22-11-7-17-30-22)15-16-27(32-20)31-18-8-13-24-23-12-5-6-14-26(23)33-28(24)21-9-3-2-4-10-21/h2-7,9-12,14,17,20,25,27,29H,15-16,18-19H2,1H3/t20-,25-,27+/m0/s1. The van der Waals surface area contributed by atoms with E-state index in [1.54, 1.807) is 6.26 Å². The summed E-state index contributed by atoms with van der Waals surface area (Å²) >= 11 is 0. The second kappa shape index (κ2) is 10.1. The number of nitrogens with one attached hydrogen (secondary N) is 1. The highest BCUT2D eigenvalue weighted by Crippen LogP contribution is 2.32. The van der Waals surface area contributed by atoms with E-state index in [-0.39, 0.29) is 18.4 Å². The van der Waals surface area contributed by atoms with Crippen LogP contribution >= 0.6 is 0 Å². The maximum Gasteiger partial charge on any atom is 0.159 e. The summed E-state index contributed by atoms with van der Waals surface area (Å²) in [5, 5.41) is 4.52. The Morgan fingerprint density at radius 3 is 2.67 bits per heavy atom. The number of fused-ring (bicyclic) bond motifs is 1. The Kier molecular flexibility index (Phi) is 6.59. The number of ether oxygens (including phenoxy) is 2. The van der Waals surface area contributed by atoms with Gasteiger partial charge in [0.1, 0.15) is 18.0 Å². The lowest BCUT2D eigenvalue weighted by Gasteiger charge is -2.34. The summed E-state index contributed by atoms with van der Waals surface area (Å²) in [7, 11) is 0. The maximum absolute atomic E-state index is 6.13. The van der Waals surface area contributed by atoms with Crippen molar-refractivity contribution in [3.05, 3.63) is 84.3 Å². The van der Waals surface area contributed by atoms with E-state index in [9.17, 15) is 0 Å². The van der Waals surface area contributed by atoms with Gasteiger partial charge in [0.2, 0.25) is 0 Å². The number of rotatable bonds is 6. The van der Waals surface area contributed by atoms with E-state index in [1.807, 2.05) is 66.7 Å². The monoisotopic (exact) mass is 441 g/mol. The van der Waals surface area contributed by atoms with Crippen LogP contribution in [-0.2, 0) is 16.0 Å². The van der Waals surface area contributed by atoms with Crippen molar-refractivity contribution in [1.82, 2.24) is 5.32 Å². The summed E-state index contributed by atoms with van der Waals surface area (Å²) < 4.78 is 23.5. The maximum atomic E-state index is 6.13. The molecule has 5 heteroatoms. The first kappa shape index (κ1) is 21.5. The molecule has 0 spiro atoms. The quantitative estimate of drug-likeness (QED) is 0.387. The molecule has 0 saturated carbocycles. The Bertz CT molecular complexity index is 1230. The molecule has 5 rings (SSSR count). The van der Waals surface area contributed by atoms with E-state index in [1.165, 1.54) is 0 Å². The van der Waals surface area contributed by atoms with Gasteiger partial charge in [0.05, 0.1) is 24.5 Å². The van der Waals surface area contributed by atoms with Crippen molar-refractivity contribution in [3.63, 3.8) is 0 Å². The summed E-state index contributed by atoms with van der Waals surface area (Å²) in [5.41, 5.74) is 2.73. The van der Waals surface area contributed by atoms with E-state index in [0.717, 1.165) is 46.5 Å². The van der Waals surface area contributed by atoms with Crippen LogP contribution in [0.3, 0.4) is 0 Å². The molecule has 1 aliphatic rings. The Hall–Kier alpha value is -3.30. The van der Waals surface area contributed by atoms with E-state index in [4.69, 9.17) is 18.3 Å². The summed E-state index contributed by atoms with van der Waals surface area (Å²) in [6.07, 6.45) is 3.30. The molecule has 168 valence electrons. The predicted octanol–water partition coefficient (Wildman–Crippen LogP) is 5.74. The zero-order valence-corrected chi connectivity index (χ0v) is 18.6. The molecule has 0 radical (unpaired) electrons. The van der Waals surface area contributed by atoms with Gasteiger partial charge in [0, 0.05) is 23.4 Å². The number of hydrogen-bond acceptors (Lipinski definition) is 5. The first-order chi connectivity index (χ1) is 16.3. The average Bonchev–Trinajstić information content (AvgIpc) is 3.50. The SMILES string of the molecule is C[C@@H]1O[C@@H](OCC#Cc2c(-c3ccccc3)oc3ccccc23)CC[C@@H]1NCc1ccco1. The molecule has 0 amide bonds. The normalized spacial score (nSPS) is 20.5. The number of para-hydroxylation sites is 1. The smallest absolute Gasteiger partial charge is 0.159 e. The highest BCUT2D eigenvalue weighted by atomic mass is 16.7. The third-order valence-electron chi connectivity index (χ3n) is 5.95. The number of benzene rings is 2. The summed E-state index contributed by atoms with van der Waals surface area (Å²) in [6, 6.07) is 22.2. The van der Waals surface area contributed by atoms with Crippen LogP contribution in [0.15, 0.2) is 81.8 Å². The van der Waals surface area contributed by atoms with Crippen molar-refractivity contribution in [2.24, 2.45) is 0 Å². The molecule has 1 N–H and O–H groups in total. The summed E-state index contributed by atoms with van der Waals surface area (Å²) in [4.78, 5) is 0. The molecule has 5 nitrogen and oxygen atoms in total. The van der Waals surface area contributed by atoms with Crippen LogP contribution < -0.4 is 5.32 Å². The fraction of sp³-hybridized carbons (Fsp3) is 0.286. The lowest BCUT2D eigenvalue weighted by atomic mass is 10.0. The highest BCUT2D eigenvalue weighted by molar-refractivity contribution is 5.91. The van der Waals surface area contributed by atoms with Crippen molar-refractivity contribution in [1.29, 1.82) is 0 Å². The average molecular weight is 442 g/mol. The fourth-order valence-electron chi connectivity index (χ4n) is 4.21. The van der Waals surface area contributed by atoms with Crippen LogP contribution in [0.2, 0.25) is 0 Å². The largest absolute Gasteiger partial charge is 0.468 e. The molecule has 3 heterocycles. The Balaban J connectivity index is 1.21. The van der Waals surface area contributed by atoms with Gasteiger partial charge in [-0.15, -0.1) is 0 Å². The fourth-order valence-corrected chi connectivity index (χ4v) is 4.21. The Morgan fingerprint density at radius 1 is 1.00 bits per heavy atom. The van der Waals surface area contributed by atoms with Crippen molar-refractivity contribution < 1.29 is 18.3 Å². The molecular formula is C28H27NO4. The van der Waals surface area contributed by atoms with Crippen LogP contribution in [0.5, 0.6) is 0 Å². The van der Waals surface area contributed by atoms with Gasteiger partial charge < -0.3 is 23.6 Å². The third-order valence-corrected chi connectivity index (χ3v) is 5.95. The molecule has 33 heavy (non-hydrogen) atoms. The van der Waals surface area contributed by atoms with Crippen molar-refractivity contribution in [2.45, 2.75) is 44.7 Å². The summed E-state index contributed by atoms with van der Waals surface area (Å²) in [6.45, 7) is 3.07. The Morgan fingerprint density at radius 2 is 1.85 bits per heavy atom. The van der Waals surface area contributed by atoms with E-state index in [0.29, 0.717) is 13.2 Å². The van der Waals surface area contributed by atoms with E-state index in [2.05, 4.69) is 24.1 Å². The summed E-state index contributed by atoms with van der Waals surface area (Å²) in [5.74, 6) is 8.17. The molecular weight excluding hydrogens is 414 g/mol. The Labute approximate surface area is 193 Å². The van der Waals surface area contributed by atoms with Gasteiger partial charge in [-0.25, -0.2) is 0 Å². The minimum absolute atomic E-state index is 0.0502. The van der Waals surface area contributed by atoms with Crippen LogP contribution in [0.1, 0.15) is 31.1 Å². The minimum Gasteiger partial charge on any atom is -0.468 e. The van der Waals surface area contributed by atoms with E-state index >= 15 is 0 Å². The third kappa shape index (κ3) is 5.04. The minimum atomic E-state index is -0.245. The van der Waals surface area contributed by atoms with Gasteiger partial charge in [0.25, 0.3) is 0 Å². The second-order valence-corrected chi connectivity index (χ2v) is 8.20. The number of hydrogen-bond donors (Lipinski definition) is 1. The topological polar surface area (TPSA) is 56.8 Å².